The normalized spacial score (nSPS) is 10.0. The Kier molecular flexibility index (Phi) is 7.90. The number of hydrogen-bond donors (Lipinski definition) is 2. The number of rotatable bonds is 8. The molecule has 7 nitrogen and oxygen atoms in total. The molecule has 0 bridgehead atoms. The Bertz CT molecular complexity index is 832. The van der Waals surface area contributed by atoms with Gasteiger partial charge >= 0.3 is 12.0 Å². The number of esters is 1. The van der Waals surface area contributed by atoms with Gasteiger partial charge in [0.2, 0.25) is 0 Å². The molecule has 0 aliphatic rings. The molecule has 0 fully saturated rings. The molecule has 7 heteroatoms. The van der Waals surface area contributed by atoms with Crippen LogP contribution in [0.2, 0.25) is 0 Å². The smallest absolute Gasteiger partial charge is 0.321 e. The summed E-state index contributed by atoms with van der Waals surface area (Å²) in [6, 6.07) is 16.3. The van der Waals surface area contributed by atoms with Crippen molar-refractivity contribution in [3.63, 3.8) is 0 Å². The fourth-order valence-corrected chi connectivity index (χ4v) is 2.42. The van der Waals surface area contributed by atoms with Gasteiger partial charge in [0, 0.05) is 18.5 Å². The van der Waals surface area contributed by atoms with Crippen LogP contribution in [0, 0.1) is 0 Å². The van der Waals surface area contributed by atoms with Crippen LogP contribution in [0.3, 0.4) is 0 Å². The molecule has 0 heterocycles. The molecule has 0 spiro atoms. The summed E-state index contributed by atoms with van der Waals surface area (Å²) in [5.74, 6) is -1.61. The maximum Gasteiger partial charge on any atom is 0.321 e. The highest BCUT2D eigenvalue weighted by Crippen LogP contribution is 2.19. The van der Waals surface area contributed by atoms with Crippen molar-refractivity contribution in [2.75, 3.05) is 13.2 Å². The van der Waals surface area contributed by atoms with Crippen LogP contribution in [0.1, 0.15) is 30.1 Å². The first-order chi connectivity index (χ1) is 13.5. The number of imide groups is 1. The zero-order valence-electron chi connectivity index (χ0n) is 15.6. The predicted molar refractivity (Wildman–Crippen MR) is 104 cm³/mol. The minimum absolute atomic E-state index is 0.0263. The number of nitrogens with one attached hydrogen (secondary N) is 2. The van der Waals surface area contributed by atoms with Crippen molar-refractivity contribution in [1.29, 1.82) is 0 Å². The van der Waals surface area contributed by atoms with E-state index in [2.05, 4.69) is 5.32 Å². The van der Waals surface area contributed by atoms with Gasteiger partial charge in [0.1, 0.15) is 0 Å². The van der Waals surface area contributed by atoms with Gasteiger partial charge in [-0.05, 0) is 18.1 Å². The number of benzene rings is 2. The number of carbonyl (C=O) groups excluding carboxylic acids is 4. The van der Waals surface area contributed by atoms with Gasteiger partial charge in [-0.15, -0.1) is 0 Å². The van der Waals surface area contributed by atoms with Crippen LogP contribution in [0.15, 0.2) is 54.6 Å². The fourth-order valence-electron chi connectivity index (χ4n) is 2.42. The first kappa shape index (κ1) is 20.8. The van der Waals surface area contributed by atoms with E-state index in [1.165, 1.54) is 0 Å². The third-order valence-corrected chi connectivity index (χ3v) is 3.82. The van der Waals surface area contributed by atoms with Crippen molar-refractivity contribution < 1.29 is 23.9 Å². The highest BCUT2D eigenvalue weighted by molar-refractivity contribution is 5.98. The minimum Gasteiger partial charge on any atom is -0.456 e. The Morgan fingerprint density at radius 1 is 0.857 bits per heavy atom. The van der Waals surface area contributed by atoms with Crippen LogP contribution in [0.25, 0.3) is 11.1 Å². The predicted octanol–water partition coefficient (Wildman–Crippen LogP) is 2.71. The molecule has 2 aromatic carbocycles. The van der Waals surface area contributed by atoms with Crippen molar-refractivity contribution in [3.05, 3.63) is 60.2 Å². The highest BCUT2D eigenvalue weighted by atomic mass is 16.5. The molecule has 146 valence electrons. The van der Waals surface area contributed by atoms with Gasteiger partial charge in [0.05, 0.1) is 6.42 Å². The zero-order valence-corrected chi connectivity index (χ0v) is 15.6. The molecule has 2 N–H and O–H groups in total. The van der Waals surface area contributed by atoms with E-state index in [0.29, 0.717) is 12.1 Å². The Hall–Kier alpha value is -3.48. The molecule has 0 aromatic heterocycles. The number of carbonyl (C=O) groups is 4. The van der Waals surface area contributed by atoms with Gasteiger partial charge in [-0.25, -0.2) is 4.79 Å². The molecule has 0 aliphatic heterocycles. The summed E-state index contributed by atoms with van der Waals surface area (Å²) in [4.78, 5) is 46.5. The molecule has 2 rings (SSSR count). The van der Waals surface area contributed by atoms with E-state index in [1.807, 2.05) is 47.8 Å². The Morgan fingerprint density at radius 3 is 2.14 bits per heavy atom. The lowest BCUT2D eigenvalue weighted by Gasteiger charge is -2.06. The summed E-state index contributed by atoms with van der Waals surface area (Å²) in [5, 5.41) is 4.39. The summed E-state index contributed by atoms with van der Waals surface area (Å²) < 4.78 is 4.76. The minimum atomic E-state index is -0.734. The van der Waals surface area contributed by atoms with Crippen LogP contribution in [0.4, 0.5) is 4.79 Å². The van der Waals surface area contributed by atoms with Crippen molar-refractivity contribution in [2.45, 2.75) is 19.8 Å². The largest absolute Gasteiger partial charge is 0.456 e. The van der Waals surface area contributed by atoms with E-state index in [1.54, 1.807) is 19.1 Å². The van der Waals surface area contributed by atoms with Gasteiger partial charge in [0.25, 0.3) is 5.91 Å². The second-order valence-corrected chi connectivity index (χ2v) is 5.93. The average Bonchev–Trinajstić information content (AvgIpc) is 2.71. The molecule has 0 aliphatic carbocycles. The third-order valence-electron chi connectivity index (χ3n) is 3.82. The van der Waals surface area contributed by atoms with E-state index in [9.17, 15) is 19.2 Å². The lowest BCUT2D eigenvalue weighted by molar-refractivity contribution is -0.148. The monoisotopic (exact) mass is 382 g/mol. The molecular formula is C21H22N2O5. The molecule has 0 unspecified atom stereocenters. The molecule has 2 aromatic rings. The molecular weight excluding hydrogens is 360 g/mol. The third kappa shape index (κ3) is 6.68. The highest BCUT2D eigenvalue weighted by Gasteiger charge is 2.13. The number of urea groups is 1. The van der Waals surface area contributed by atoms with Crippen LogP contribution >= 0.6 is 0 Å². The van der Waals surface area contributed by atoms with E-state index >= 15 is 0 Å². The fraction of sp³-hybridized carbons (Fsp3) is 0.238. The maximum atomic E-state index is 12.2. The van der Waals surface area contributed by atoms with Gasteiger partial charge < -0.3 is 10.1 Å². The maximum absolute atomic E-state index is 12.2. The summed E-state index contributed by atoms with van der Waals surface area (Å²) >= 11 is 0. The average molecular weight is 382 g/mol. The first-order valence-corrected chi connectivity index (χ1v) is 8.91. The number of ether oxygens (including phenoxy) is 1. The van der Waals surface area contributed by atoms with Crippen LogP contribution < -0.4 is 10.6 Å². The number of hydrogen-bond acceptors (Lipinski definition) is 5. The number of ketones is 1. The van der Waals surface area contributed by atoms with E-state index < -0.39 is 24.5 Å². The molecule has 3 amide bonds. The lowest BCUT2D eigenvalue weighted by Crippen LogP contribution is -2.41. The topological polar surface area (TPSA) is 102 Å². The second-order valence-electron chi connectivity index (χ2n) is 5.93. The number of Topliss-reactive ketones (excluding diaryl/α,β-unsaturated/α-hetero) is 1. The van der Waals surface area contributed by atoms with Crippen LogP contribution in [-0.4, -0.2) is 36.8 Å². The lowest BCUT2D eigenvalue weighted by atomic mass is 10.0. The number of amides is 3. The Morgan fingerprint density at radius 2 is 1.50 bits per heavy atom. The quantitative estimate of drug-likeness (QED) is 0.540. The van der Waals surface area contributed by atoms with E-state index in [0.717, 1.165) is 11.1 Å². The summed E-state index contributed by atoms with van der Waals surface area (Å²) in [6.07, 6.45) is -0.171. The Labute approximate surface area is 163 Å². The van der Waals surface area contributed by atoms with E-state index in [4.69, 9.17) is 4.74 Å². The van der Waals surface area contributed by atoms with Gasteiger partial charge in [-0.2, -0.15) is 0 Å². The summed E-state index contributed by atoms with van der Waals surface area (Å²) in [7, 11) is 0. The molecule has 28 heavy (non-hydrogen) atoms. The summed E-state index contributed by atoms with van der Waals surface area (Å²) in [6.45, 7) is 1.50. The van der Waals surface area contributed by atoms with Crippen molar-refractivity contribution in [3.8, 4) is 11.1 Å². The molecule has 0 atom stereocenters. The van der Waals surface area contributed by atoms with E-state index in [-0.39, 0.29) is 18.6 Å². The molecule has 0 saturated carbocycles. The SMILES string of the molecule is CCNC(=O)NC(=O)COC(=O)CCC(=O)c1ccc(-c2ccccc2)cc1. The Balaban J connectivity index is 1.76. The van der Waals surface area contributed by atoms with Crippen LogP contribution in [0.5, 0.6) is 0 Å². The van der Waals surface area contributed by atoms with Crippen molar-refractivity contribution in [1.82, 2.24) is 10.6 Å². The van der Waals surface area contributed by atoms with Crippen molar-refractivity contribution in [2.24, 2.45) is 0 Å². The zero-order chi connectivity index (χ0) is 20.4. The second kappa shape index (κ2) is 10.6. The first-order valence-electron chi connectivity index (χ1n) is 8.91. The summed E-state index contributed by atoms with van der Waals surface area (Å²) in [5.41, 5.74) is 2.55. The molecule has 0 saturated heterocycles. The van der Waals surface area contributed by atoms with Crippen LogP contribution in [-0.2, 0) is 14.3 Å². The van der Waals surface area contributed by atoms with Crippen molar-refractivity contribution >= 4 is 23.7 Å². The standard InChI is InChI=1S/C21H22N2O5/c1-2-22-21(27)23-19(25)14-28-20(26)13-12-18(24)17-10-8-16(9-11-17)15-6-4-3-5-7-15/h3-11H,2,12-14H2,1H3,(H2,22,23,25,27). The van der Waals surface area contributed by atoms with Gasteiger partial charge in [-0.1, -0.05) is 54.6 Å². The van der Waals surface area contributed by atoms with Gasteiger partial charge in [-0.3, -0.25) is 19.7 Å². The van der Waals surface area contributed by atoms with Gasteiger partial charge in [0.15, 0.2) is 12.4 Å². The molecule has 0 radical (unpaired) electrons.